The lowest BCUT2D eigenvalue weighted by molar-refractivity contribution is -0.135. The summed E-state index contributed by atoms with van der Waals surface area (Å²) in [5, 5.41) is 7.28. The van der Waals surface area contributed by atoms with Gasteiger partial charge in [0.1, 0.15) is 29.5 Å². The van der Waals surface area contributed by atoms with E-state index >= 15 is 0 Å². The zero-order chi connectivity index (χ0) is 44.5. The van der Waals surface area contributed by atoms with Crippen LogP contribution in [0.5, 0.6) is 0 Å². The summed E-state index contributed by atoms with van der Waals surface area (Å²) in [6.45, 7) is 12.0. The molecule has 4 N–H and O–H groups in total. The number of methoxy groups -OCH3 is 2. The first kappa shape index (κ1) is 43.5. The predicted octanol–water partition coefficient (Wildman–Crippen LogP) is 8.34. The van der Waals surface area contributed by atoms with Crippen LogP contribution in [-0.4, -0.2) is 89.4 Å². The van der Waals surface area contributed by atoms with Crippen molar-refractivity contribution in [2.24, 2.45) is 11.8 Å². The van der Waals surface area contributed by atoms with Gasteiger partial charge in [0, 0.05) is 17.2 Å². The van der Waals surface area contributed by atoms with Gasteiger partial charge in [0.15, 0.2) is 0 Å². The average Bonchev–Trinajstić information content (AvgIpc) is 4.00. The Morgan fingerprint density at radius 1 is 0.839 bits per heavy atom. The number of carbonyl (C=O) groups excluding carboxylic acids is 4. The summed E-state index contributed by atoms with van der Waals surface area (Å²) in [5.41, 5.74) is 5.80. The SMILES string of the molecule is COC(=O)NC(C(=O)N(Cc1nc2c(ccc3cc(-c4ccc(-c5cnc(C6C[Si](C)(C)CN6C(=O)C(NC(=O)OC)C(C)C)[nH]5)cc4)ccc32)[nH]1)c1ccc(F)cc1)C(C)C. The second kappa shape index (κ2) is 17.8. The molecule has 0 radical (unpaired) electrons. The van der Waals surface area contributed by atoms with Crippen LogP contribution in [0.3, 0.4) is 0 Å². The lowest BCUT2D eigenvalue weighted by atomic mass is 9.99. The number of fused-ring (bicyclic) bond motifs is 3. The van der Waals surface area contributed by atoms with Crippen molar-refractivity contribution in [2.75, 3.05) is 25.3 Å². The Hall–Kier alpha value is -6.55. The molecule has 3 atom stereocenters. The number of amides is 4. The van der Waals surface area contributed by atoms with Crippen molar-refractivity contribution in [3.05, 3.63) is 103 Å². The minimum absolute atomic E-state index is 0.0405. The van der Waals surface area contributed by atoms with Crippen molar-refractivity contribution in [1.82, 2.24) is 35.5 Å². The predicted molar refractivity (Wildman–Crippen MR) is 239 cm³/mol. The highest BCUT2D eigenvalue weighted by atomic mass is 28.3. The minimum atomic E-state index is -1.77. The second-order valence-electron chi connectivity index (χ2n) is 17.3. The molecular formula is C46H53FN8O6Si. The van der Waals surface area contributed by atoms with E-state index in [0.717, 1.165) is 56.1 Å². The number of hydrogen-bond acceptors (Lipinski definition) is 8. The molecule has 3 heterocycles. The molecule has 1 aliphatic heterocycles. The molecule has 4 aromatic carbocycles. The maximum Gasteiger partial charge on any atom is 0.407 e. The Morgan fingerprint density at radius 3 is 2.11 bits per heavy atom. The number of benzene rings is 4. The van der Waals surface area contributed by atoms with Crippen molar-refractivity contribution in [3.63, 3.8) is 0 Å². The topological polar surface area (TPSA) is 175 Å². The van der Waals surface area contributed by atoms with Crippen LogP contribution in [0.25, 0.3) is 44.2 Å². The fourth-order valence-electron chi connectivity index (χ4n) is 8.16. The van der Waals surface area contributed by atoms with E-state index in [9.17, 15) is 23.6 Å². The lowest BCUT2D eigenvalue weighted by Gasteiger charge is -2.30. The summed E-state index contributed by atoms with van der Waals surface area (Å²) >= 11 is 0. The van der Waals surface area contributed by atoms with Gasteiger partial charge in [-0.1, -0.05) is 83.3 Å². The van der Waals surface area contributed by atoms with Crippen molar-refractivity contribution < 1.29 is 33.0 Å². The third kappa shape index (κ3) is 9.19. The number of alkyl carbamates (subject to hydrolysis) is 2. The van der Waals surface area contributed by atoms with Gasteiger partial charge in [0.25, 0.3) is 0 Å². The Bertz CT molecular complexity index is 2610. The average molecular weight is 861 g/mol. The molecule has 324 valence electrons. The Balaban J connectivity index is 1.11. The summed E-state index contributed by atoms with van der Waals surface area (Å²) in [7, 11) is 0.756. The van der Waals surface area contributed by atoms with Crippen molar-refractivity contribution in [3.8, 4) is 22.4 Å². The fraction of sp³-hybridized carbons (Fsp3) is 0.348. The van der Waals surface area contributed by atoms with Gasteiger partial charge < -0.3 is 39.9 Å². The van der Waals surface area contributed by atoms with E-state index in [4.69, 9.17) is 19.4 Å². The van der Waals surface area contributed by atoms with E-state index in [-0.39, 0.29) is 30.3 Å². The molecule has 62 heavy (non-hydrogen) atoms. The molecule has 1 fully saturated rings. The second-order valence-corrected chi connectivity index (χ2v) is 22.4. The van der Waals surface area contributed by atoms with Crippen LogP contribution < -0.4 is 15.5 Å². The standard InChI is InChI=1S/C46H53FN8O6Si/c1-26(2)39(52-45(58)60-5)43(56)54(33-17-15-32(47)16-18-33)23-38-49-35-20-14-31-21-30(13-19-34(31)41(35)51-38)28-9-11-29(12-10-28)36-22-48-42(50-36)37-24-62(7,8)25-55(37)44(57)40(27(3)4)53-46(59)61-6/h9-22,26-27,37,39-40H,23-25H2,1-8H3,(H,48,50)(H,49,51)(H,52,58)(H,53,59). The molecule has 0 saturated carbocycles. The molecule has 0 aliphatic carbocycles. The normalized spacial score (nSPS) is 15.8. The summed E-state index contributed by atoms with van der Waals surface area (Å²) in [5.74, 6) is -0.118. The number of H-pyrrole nitrogens is 2. The lowest BCUT2D eigenvalue weighted by Crippen LogP contribution is -2.52. The van der Waals surface area contributed by atoms with E-state index in [1.54, 1.807) is 0 Å². The van der Waals surface area contributed by atoms with Gasteiger partial charge in [-0.3, -0.25) is 9.59 Å². The Morgan fingerprint density at radius 2 is 1.47 bits per heavy atom. The minimum Gasteiger partial charge on any atom is -0.453 e. The van der Waals surface area contributed by atoms with Gasteiger partial charge in [0.2, 0.25) is 11.8 Å². The van der Waals surface area contributed by atoms with Crippen LogP contribution in [-0.2, 0) is 25.6 Å². The largest absolute Gasteiger partial charge is 0.453 e. The van der Waals surface area contributed by atoms with E-state index in [0.29, 0.717) is 17.7 Å². The van der Waals surface area contributed by atoms with Crippen molar-refractivity contribution >= 4 is 59.6 Å². The monoisotopic (exact) mass is 860 g/mol. The number of anilines is 1. The highest BCUT2D eigenvalue weighted by Crippen LogP contribution is 2.38. The first-order valence-corrected chi connectivity index (χ1v) is 24.1. The quantitative estimate of drug-likeness (QED) is 0.0889. The molecule has 3 unspecified atom stereocenters. The van der Waals surface area contributed by atoms with Gasteiger partial charge in [-0.05, 0) is 76.4 Å². The molecule has 1 aliphatic rings. The maximum absolute atomic E-state index is 14.0. The van der Waals surface area contributed by atoms with Crippen LogP contribution in [0.15, 0.2) is 85.1 Å². The highest BCUT2D eigenvalue weighted by Gasteiger charge is 2.45. The summed E-state index contributed by atoms with van der Waals surface area (Å²) < 4.78 is 23.5. The van der Waals surface area contributed by atoms with Gasteiger partial charge in [-0.2, -0.15) is 0 Å². The number of aromatic amines is 2. The van der Waals surface area contributed by atoms with Crippen LogP contribution in [0.1, 0.15) is 45.4 Å². The maximum atomic E-state index is 14.0. The van der Waals surface area contributed by atoms with Crippen LogP contribution >= 0.6 is 0 Å². The van der Waals surface area contributed by atoms with E-state index in [1.807, 2.05) is 69.1 Å². The number of imidazole rings is 2. The smallest absolute Gasteiger partial charge is 0.407 e. The number of ether oxygens (including phenoxy) is 2. The molecule has 16 heteroatoms. The van der Waals surface area contributed by atoms with Gasteiger partial charge in [0.05, 0.1) is 57.8 Å². The summed E-state index contributed by atoms with van der Waals surface area (Å²) in [6.07, 6.45) is 1.12. The Labute approximate surface area is 360 Å². The first-order valence-electron chi connectivity index (χ1n) is 20.7. The number of aromatic nitrogens is 4. The van der Waals surface area contributed by atoms with E-state index < -0.39 is 44.1 Å². The zero-order valence-corrected chi connectivity index (χ0v) is 37.2. The van der Waals surface area contributed by atoms with Gasteiger partial charge in [-0.25, -0.2) is 23.9 Å². The molecule has 0 bridgehead atoms. The van der Waals surface area contributed by atoms with E-state index in [1.165, 1.54) is 43.4 Å². The molecule has 4 amide bonds. The molecule has 2 aromatic heterocycles. The van der Waals surface area contributed by atoms with Gasteiger partial charge >= 0.3 is 12.2 Å². The summed E-state index contributed by atoms with van der Waals surface area (Å²) in [4.78, 5) is 72.1. The number of nitrogens with zero attached hydrogens (tertiary/aromatic N) is 4. The number of hydrogen-bond donors (Lipinski definition) is 4. The zero-order valence-electron chi connectivity index (χ0n) is 36.2. The highest BCUT2D eigenvalue weighted by molar-refractivity contribution is 6.78. The first-order chi connectivity index (χ1) is 29.5. The molecular weight excluding hydrogens is 808 g/mol. The van der Waals surface area contributed by atoms with Gasteiger partial charge in [-0.15, -0.1) is 0 Å². The third-order valence-corrected chi connectivity index (χ3v) is 14.1. The van der Waals surface area contributed by atoms with Crippen molar-refractivity contribution in [2.45, 2.75) is 71.5 Å². The van der Waals surface area contributed by atoms with E-state index in [2.05, 4.69) is 58.0 Å². The number of nitrogens with one attached hydrogen (secondary N) is 4. The third-order valence-electron chi connectivity index (χ3n) is 11.5. The van der Waals surface area contributed by atoms with Crippen LogP contribution in [0.4, 0.5) is 19.7 Å². The number of carbonyl (C=O) groups is 4. The number of rotatable bonds is 12. The molecule has 7 rings (SSSR count). The summed E-state index contributed by atoms with van der Waals surface area (Å²) in [6, 6.07) is 23.0. The van der Waals surface area contributed by atoms with Crippen LogP contribution in [0, 0.1) is 17.7 Å². The molecule has 0 spiro atoms. The van der Waals surface area contributed by atoms with Crippen molar-refractivity contribution in [1.29, 1.82) is 0 Å². The Kier molecular flexibility index (Phi) is 12.5. The molecule has 6 aromatic rings. The fourth-order valence-corrected chi connectivity index (χ4v) is 11.0. The molecule has 1 saturated heterocycles. The molecule has 14 nitrogen and oxygen atoms in total. The number of halogens is 1. The van der Waals surface area contributed by atoms with Crippen LogP contribution in [0.2, 0.25) is 19.1 Å².